The monoisotopic (exact) mass is 647 g/mol. The number of hydrogen-bond acceptors (Lipinski definition) is 6. The molecule has 46 heavy (non-hydrogen) atoms. The molecule has 2 fully saturated rings. The Hall–Kier alpha value is -3.41. The number of nitrogens with one attached hydrogen (secondary N) is 1. The van der Waals surface area contributed by atoms with E-state index in [0.29, 0.717) is 37.0 Å². The van der Waals surface area contributed by atoms with Crippen LogP contribution in [0.1, 0.15) is 68.0 Å². The first-order valence-electron chi connectivity index (χ1n) is 16.6. The van der Waals surface area contributed by atoms with E-state index in [-0.39, 0.29) is 17.7 Å². The van der Waals surface area contributed by atoms with Crippen LogP contribution in [-0.2, 0) is 26.3 Å². The van der Waals surface area contributed by atoms with Crippen molar-refractivity contribution in [2.24, 2.45) is 5.92 Å². The first kappa shape index (κ1) is 31.2. The Kier molecular flexibility index (Phi) is 7.92. The largest absolute Gasteiger partial charge is 0.496 e. The Labute approximate surface area is 271 Å². The summed E-state index contributed by atoms with van der Waals surface area (Å²) in [5.41, 5.74) is 6.45. The number of carbonyl (C=O) groups excluding carboxylic acids is 2. The molecule has 1 aromatic heterocycles. The second-order valence-corrected chi connectivity index (χ2v) is 15.8. The molecule has 1 unspecified atom stereocenters. The number of amides is 2. The summed E-state index contributed by atoms with van der Waals surface area (Å²) in [5.74, 6) is 0.117. The predicted octanol–water partition coefficient (Wildman–Crippen LogP) is 4.06. The standard InChI is InChI=1S/C35H45N5O5S/c1-37(2)22-16-17-39(19-22)35(42)25-13-9-12-24-30(25)28-18-26-29(45-5)15-14-23(21-10-7-6-8-11-21)33(26)40(28)20-27-31(24)32(27)34(41)36-46(43,44)38(3)4/h9,12,14-15,18,21-22,25,30H,6-8,10-11,13,16-17,19-20H2,1-5H3,(H,36,41)/t22-,25-,30?/m1/s1. The molecule has 5 aliphatic rings. The third kappa shape index (κ3) is 5.11. The zero-order valence-electron chi connectivity index (χ0n) is 27.5. The molecule has 3 aliphatic carbocycles. The summed E-state index contributed by atoms with van der Waals surface area (Å²) in [7, 11) is 4.64. The minimum atomic E-state index is -3.98. The van der Waals surface area contributed by atoms with Crippen LogP contribution < -0.4 is 9.46 Å². The van der Waals surface area contributed by atoms with Crippen LogP contribution in [0, 0.1) is 5.92 Å². The highest BCUT2D eigenvalue weighted by Gasteiger charge is 2.48. The molecule has 2 amide bonds. The molecule has 1 saturated carbocycles. The van der Waals surface area contributed by atoms with E-state index in [2.05, 4.69) is 58.6 Å². The zero-order chi connectivity index (χ0) is 32.5. The maximum Gasteiger partial charge on any atom is 0.303 e. The van der Waals surface area contributed by atoms with Gasteiger partial charge in [-0.25, -0.2) is 4.72 Å². The Morgan fingerprint density at radius 2 is 1.80 bits per heavy atom. The number of fused-ring (bicyclic) bond motifs is 6. The summed E-state index contributed by atoms with van der Waals surface area (Å²) in [6.07, 6.45) is 11.6. The van der Waals surface area contributed by atoms with E-state index in [1.807, 2.05) is 4.90 Å². The van der Waals surface area contributed by atoms with Crippen LogP contribution in [0.2, 0.25) is 0 Å². The highest BCUT2D eigenvalue weighted by molar-refractivity contribution is 7.87. The van der Waals surface area contributed by atoms with E-state index >= 15 is 0 Å². The summed E-state index contributed by atoms with van der Waals surface area (Å²) in [6, 6.07) is 6.83. The van der Waals surface area contributed by atoms with Crippen LogP contribution in [0.3, 0.4) is 0 Å². The van der Waals surface area contributed by atoms with Crippen molar-refractivity contribution >= 4 is 32.9 Å². The van der Waals surface area contributed by atoms with Gasteiger partial charge >= 0.3 is 10.2 Å². The van der Waals surface area contributed by atoms with Crippen molar-refractivity contribution in [3.05, 3.63) is 63.9 Å². The highest BCUT2D eigenvalue weighted by Crippen LogP contribution is 2.55. The fraction of sp³-hybridized carbons (Fsp3) is 0.543. The fourth-order valence-electron chi connectivity index (χ4n) is 8.37. The minimum absolute atomic E-state index is 0.137. The van der Waals surface area contributed by atoms with Gasteiger partial charge < -0.3 is 19.1 Å². The molecule has 7 rings (SSSR count). The van der Waals surface area contributed by atoms with Crippen molar-refractivity contribution in [3.63, 3.8) is 0 Å². The number of likely N-dealkylation sites (tertiary alicyclic amines) is 1. The summed E-state index contributed by atoms with van der Waals surface area (Å²) >= 11 is 0. The molecule has 3 atom stereocenters. The molecule has 0 spiro atoms. The molecule has 0 bridgehead atoms. The topological polar surface area (TPSA) is 104 Å². The number of allylic oxidation sites excluding steroid dienone is 4. The summed E-state index contributed by atoms with van der Waals surface area (Å²) in [6.45, 7) is 1.86. The molecule has 246 valence electrons. The Morgan fingerprint density at radius 1 is 1.04 bits per heavy atom. The van der Waals surface area contributed by atoms with Gasteiger partial charge in [0.15, 0.2) is 0 Å². The van der Waals surface area contributed by atoms with Crippen molar-refractivity contribution in [1.29, 1.82) is 0 Å². The maximum absolute atomic E-state index is 14.4. The molecular formula is C35H45N5O5S. The first-order chi connectivity index (χ1) is 22.0. The predicted molar refractivity (Wildman–Crippen MR) is 178 cm³/mol. The smallest absolute Gasteiger partial charge is 0.303 e. The summed E-state index contributed by atoms with van der Waals surface area (Å²) < 4.78 is 36.9. The molecular weight excluding hydrogens is 602 g/mol. The Bertz CT molecular complexity index is 1810. The number of rotatable bonds is 7. The Morgan fingerprint density at radius 3 is 2.48 bits per heavy atom. The first-order valence-corrected chi connectivity index (χ1v) is 18.0. The number of benzene rings is 1. The molecule has 2 aliphatic heterocycles. The van der Waals surface area contributed by atoms with Crippen LogP contribution in [0.5, 0.6) is 5.75 Å². The van der Waals surface area contributed by atoms with E-state index < -0.39 is 16.1 Å². The zero-order valence-corrected chi connectivity index (χ0v) is 28.3. The summed E-state index contributed by atoms with van der Waals surface area (Å²) in [5, 5.41) is 1.03. The van der Waals surface area contributed by atoms with E-state index in [1.165, 1.54) is 38.9 Å². The van der Waals surface area contributed by atoms with Gasteiger partial charge in [0, 0.05) is 56.8 Å². The number of methoxy groups -OCH3 is 1. The molecule has 1 aromatic carbocycles. The van der Waals surface area contributed by atoms with Crippen LogP contribution in [0.15, 0.2) is 52.6 Å². The molecule has 1 N–H and O–H groups in total. The van der Waals surface area contributed by atoms with Crippen molar-refractivity contribution in [3.8, 4) is 5.75 Å². The van der Waals surface area contributed by atoms with Crippen molar-refractivity contribution < 1.29 is 22.7 Å². The van der Waals surface area contributed by atoms with Gasteiger partial charge in [-0.3, -0.25) is 9.59 Å². The highest BCUT2D eigenvalue weighted by atomic mass is 32.2. The number of likely N-dealkylation sites (N-methyl/N-ethyl adjacent to an activating group) is 1. The second-order valence-electron chi connectivity index (χ2n) is 13.9. The van der Waals surface area contributed by atoms with E-state index in [0.717, 1.165) is 69.2 Å². The van der Waals surface area contributed by atoms with Gasteiger partial charge in [0.25, 0.3) is 5.91 Å². The van der Waals surface area contributed by atoms with E-state index in [4.69, 9.17) is 4.74 Å². The third-order valence-corrected chi connectivity index (χ3v) is 12.3. The van der Waals surface area contributed by atoms with Crippen molar-refractivity contribution in [2.75, 3.05) is 48.4 Å². The molecule has 1 saturated heterocycles. The van der Waals surface area contributed by atoms with E-state index in [9.17, 15) is 18.0 Å². The minimum Gasteiger partial charge on any atom is -0.496 e. The average molecular weight is 648 g/mol. The molecule has 0 radical (unpaired) electrons. The Balaban J connectivity index is 1.39. The average Bonchev–Trinajstić information content (AvgIpc) is 3.35. The summed E-state index contributed by atoms with van der Waals surface area (Å²) in [4.78, 5) is 32.2. The quantitative estimate of drug-likeness (QED) is 0.486. The van der Waals surface area contributed by atoms with Crippen molar-refractivity contribution in [1.82, 2.24) is 23.4 Å². The molecule has 11 heteroatoms. The number of aromatic nitrogens is 1. The molecule has 2 aromatic rings. The lowest BCUT2D eigenvalue weighted by molar-refractivity contribution is -0.135. The van der Waals surface area contributed by atoms with Gasteiger partial charge in [0.2, 0.25) is 5.91 Å². The van der Waals surface area contributed by atoms with Crippen LogP contribution in [0.4, 0.5) is 0 Å². The van der Waals surface area contributed by atoms with Gasteiger partial charge in [-0.05, 0) is 80.1 Å². The number of nitrogens with zero attached hydrogens (tertiary/aromatic N) is 4. The lowest BCUT2D eigenvalue weighted by atomic mass is 9.76. The van der Waals surface area contributed by atoms with Crippen LogP contribution >= 0.6 is 0 Å². The van der Waals surface area contributed by atoms with Crippen molar-refractivity contribution in [2.45, 2.75) is 69.4 Å². The lowest BCUT2D eigenvalue weighted by Gasteiger charge is -2.33. The lowest BCUT2D eigenvalue weighted by Crippen LogP contribution is -2.40. The SMILES string of the molecule is COc1ccc(C2CCCCC2)c2c1cc1n2CC2=C(C(=O)NS(=O)(=O)N(C)C)C2=C2C=CC[C@@H](C(=O)N3CC[C@@H](N(C)C)C3)C21. The second kappa shape index (κ2) is 11.7. The maximum atomic E-state index is 14.4. The fourth-order valence-corrected chi connectivity index (χ4v) is 8.88. The molecule has 10 nitrogen and oxygen atoms in total. The normalized spacial score (nSPS) is 24.8. The third-order valence-electron chi connectivity index (χ3n) is 10.9. The molecule has 3 heterocycles. The van der Waals surface area contributed by atoms with Gasteiger partial charge in [-0.15, -0.1) is 0 Å². The van der Waals surface area contributed by atoms with Gasteiger partial charge in [-0.2, -0.15) is 12.7 Å². The number of hydrogen-bond donors (Lipinski definition) is 1. The number of carbonyl (C=O) groups is 2. The van der Waals surface area contributed by atoms with Crippen LogP contribution in [0.25, 0.3) is 10.9 Å². The number of ether oxygens (including phenoxy) is 1. The van der Waals surface area contributed by atoms with E-state index in [1.54, 1.807) is 7.11 Å². The van der Waals surface area contributed by atoms with Gasteiger partial charge in [0.1, 0.15) is 5.75 Å². The van der Waals surface area contributed by atoms with Gasteiger partial charge in [0.05, 0.1) is 24.1 Å². The van der Waals surface area contributed by atoms with Gasteiger partial charge in [-0.1, -0.05) is 37.5 Å². The van der Waals surface area contributed by atoms with Crippen LogP contribution in [-0.4, -0.2) is 93.3 Å².